The van der Waals surface area contributed by atoms with Crippen LogP contribution >= 0.6 is 0 Å². The minimum Gasteiger partial charge on any atom is -0.328 e. The molecular formula is C23H25N3O3S. The van der Waals surface area contributed by atoms with Crippen LogP contribution in [-0.2, 0) is 23.0 Å². The minimum absolute atomic E-state index is 0.114. The van der Waals surface area contributed by atoms with E-state index in [1.165, 1.54) is 10.4 Å². The summed E-state index contributed by atoms with van der Waals surface area (Å²) in [5, 5.41) is 0. The second-order valence-electron chi connectivity index (χ2n) is 7.64. The number of para-hydroxylation sites is 1. The Morgan fingerprint density at radius 3 is 2.77 bits per heavy atom. The lowest BCUT2D eigenvalue weighted by molar-refractivity contribution is 0.102. The fourth-order valence-electron chi connectivity index (χ4n) is 3.97. The van der Waals surface area contributed by atoms with Gasteiger partial charge in [0.05, 0.1) is 10.6 Å². The lowest BCUT2D eigenvalue weighted by Crippen LogP contribution is -2.35. The SMILES string of the molecule is CCCCn1ccnc1C(=O)c1cccc(S(=O)(=O)N2c3ccccc3C[C@H]2C)c1. The number of hydrogen-bond donors (Lipinski definition) is 0. The van der Waals surface area contributed by atoms with Crippen LogP contribution in [0.15, 0.2) is 65.8 Å². The van der Waals surface area contributed by atoms with Gasteiger partial charge in [-0.05, 0) is 43.5 Å². The number of ketones is 1. The van der Waals surface area contributed by atoms with Gasteiger partial charge in [-0.3, -0.25) is 9.10 Å². The predicted molar refractivity (Wildman–Crippen MR) is 116 cm³/mol. The number of rotatable bonds is 7. The maximum absolute atomic E-state index is 13.5. The van der Waals surface area contributed by atoms with Crippen molar-refractivity contribution in [1.29, 1.82) is 0 Å². The van der Waals surface area contributed by atoms with E-state index in [9.17, 15) is 13.2 Å². The number of carbonyl (C=O) groups excluding carboxylic acids is 1. The van der Waals surface area contributed by atoms with Crippen LogP contribution in [0.1, 0.15) is 48.4 Å². The van der Waals surface area contributed by atoms with Crippen molar-refractivity contribution in [3.05, 3.63) is 77.9 Å². The molecule has 2 aromatic carbocycles. The molecule has 0 N–H and O–H groups in total. The average molecular weight is 424 g/mol. The zero-order chi connectivity index (χ0) is 21.3. The maximum Gasteiger partial charge on any atom is 0.264 e. The number of nitrogens with zero attached hydrogens (tertiary/aromatic N) is 3. The van der Waals surface area contributed by atoms with Crippen LogP contribution in [0, 0.1) is 0 Å². The summed E-state index contributed by atoms with van der Waals surface area (Å²) in [6.07, 6.45) is 6.01. The van der Waals surface area contributed by atoms with Gasteiger partial charge in [0.1, 0.15) is 0 Å². The van der Waals surface area contributed by atoms with Gasteiger partial charge >= 0.3 is 0 Å². The van der Waals surface area contributed by atoms with E-state index in [-0.39, 0.29) is 16.7 Å². The summed E-state index contributed by atoms with van der Waals surface area (Å²) in [4.78, 5) is 17.4. The summed E-state index contributed by atoms with van der Waals surface area (Å²) in [7, 11) is -3.80. The number of hydrogen-bond acceptors (Lipinski definition) is 4. The standard InChI is InChI=1S/C23H25N3O3S/c1-3-4-13-25-14-12-24-23(25)22(27)19-9-7-10-20(16-19)30(28,29)26-17(2)15-18-8-5-6-11-21(18)26/h5-12,14,16-17H,3-4,13,15H2,1-2H3/t17-/m1/s1. The van der Waals surface area contributed by atoms with Gasteiger partial charge < -0.3 is 4.57 Å². The first-order chi connectivity index (χ1) is 14.4. The van der Waals surface area contributed by atoms with E-state index in [2.05, 4.69) is 11.9 Å². The normalized spacial score (nSPS) is 15.9. The summed E-state index contributed by atoms with van der Waals surface area (Å²) in [5.41, 5.74) is 2.04. The third-order valence-electron chi connectivity index (χ3n) is 5.47. The molecule has 6 nitrogen and oxygen atoms in total. The molecule has 0 saturated heterocycles. The third-order valence-corrected chi connectivity index (χ3v) is 7.39. The van der Waals surface area contributed by atoms with E-state index in [0.717, 1.165) is 18.4 Å². The predicted octanol–water partition coefficient (Wildman–Crippen LogP) is 4.05. The van der Waals surface area contributed by atoms with Gasteiger partial charge in [-0.25, -0.2) is 13.4 Å². The largest absolute Gasteiger partial charge is 0.328 e. The molecule has 1 atom stereocenters. The number of fused-ring (bicyclic) bond motifs is 1. The van der Waals surface area contributed by atoms with Crippen LogP contribution in [0.3, 0.4) is 0 Å². The maximum atomic E-state index is 13.5. The molecule has 0 aliphatic carbocycles. The van der Waals surface area contributed by atoms with Crippen LogP contribution in [-0.4, -0.2) is 29.8 Å². The molecule has 0 bridgehead atoms. The van der Waals surface area contributed by atoms with Crippen molar-refractivity contribution in [3.8, 4) is 0 Å². The zero-order valence-electron chi connectivity index (χ0n) is 17.2. The first-order valence-corrected chi connectivity index (χ1v) is 11.7. The Kier molecular flexibility index (Phi) is 5.47. The van der Waals surface area contributed by atoms with E-state index in [1.807, 2.05) is 35.8 Å². The monoisotopic (exact) mass is 423 g/mol. The Bertz CT molecular complexity index is 1180. The van der Waals surface area contributed by atoms with Crippen LogP contribution in [0.2, 0.25) is 0 Å². The Morgan fingerprint density at radius 1 is 1.17 bits per heavy atom. The highest BCUT2D eigenvalue weighted by Crippen LogP contribution is 2.36. The lowest BCUT2D eigenvalue weighted by atomic mass is 10.1. The second kappa shape index (κ2) is 8.07. The molecule has 0 amide bonds. The Labute approximate surface area is 177 Å². The van der Waals surface area contributed by atoms with Gasteiger partial charge in [0, 0.05) is 30.5 Å². The van der Waals surface area contributed by atoms with Crippen molar-refractivity contribution in [2.75, 3.05) is 4.31 Å². The van der Waals surface area contributed by atoms with Gasteiger partial charge in [-0.1, -0.05) is 43.7 Å². The highest BCUT2D eigenvalue weighted by molar-refractivity contribution is 7.92. The molecule has 1 aromatic heterocycles. The number of benzene rings is 2. The number of unbranched alkanes of at least 4 members (excludes halogenated alkanes) is 1. The molecule has 0 fully saturated rings. The summed E-state index contributed by atoms with van der Waals surface area (Å²) in [6.45, 7) is 4.69. The van der Waals surface area contributed by atoms with Gasteiger partial charge in [-0.2, -0.15) is 0 Å². The van der Waals surface area contributed by atoms with Crippen LogP contribution in [0.4, 0.5) is 5.69 Å². The van der Waals surface area contributed by atoms with Crippen LogP contribution in [0.5, 0.6) is 0 Å². The second-order valence-corrected chi connectivity index (χ2v) is 9.45. The Balaban J connectivity index is 1.69. The molecule has 0 unspecified atom stereocenters. The molecule has 30 heavy (non-hydrogen) atoms. The summed E-state index contributed by atoms with van der Waals surface area (Å²) in [5.74, 6) is 0.0564. The van der Waals surface area contributed by atoms with Gasteiger partial charge in [0.2, 0.25) is 5.78 Å². The van der Waals surface area contributed by atoms with Gasteiger partial charge in [-0.15, -0.1) is 0 Å². The van der Waals surface area contributed by atoms with E-state index in [0.29, 0.717) is 30.0 Å². The Morgan fingerprint density at radius 2 is 1.97 bits per heavy atom. The van der Waals surface area contributed by atoms with Crippen LogP contribution in [0.25, 0.3) is 0 Å². The van der Waals surface area contributed by atoms with Crippen molar-refractivity contribution in [2.24, 2.45) is 0 Å². The van der Waals surface area contributed by atoms with E-state index >= 15 is 0 Å². The molecule has 0 saturated carbocycles. The van der Waals surface area contributed by atoms with Crippen molar-refractivity contribution in [3.63, 3.8) is 0 Å². The topological polar surface area (TPSA) is 72.3 Å². The fourth-order valence-corrected chi connectivity index (χ4v) is 5.71. The summed E-state index contributed by atoms with van der Waals surface area (Å²) in [6, 6.07) is 13.6. The van der Waals surface area contributed by atoms with Gasteiger partial charge in [0.25, 0.3) is 10.0 Å². The number of sulfonamides is 1. The molecule has 2 heterocycles. The Hall–Kier alpha value is -2.93. The third kappa shape index (κ3) is 3.54. The van der Waals surface area contributed by atoms with Crippen molar-refractivity contribution < 1.29 is 13.2 Å². The zero-order valence-corrected chi connectivity index (χ0v) is 18.0. The van der Waals surface area contributed by atoms with Crippen molar-refractivity contribution in [1.82, 2.24) is 9.55 Å². The number of aromatic nitrogens is 2. The molecule has 3 aromatic rings. The van der Waals surface area contributed by atoms with Crippen LogP contribution < -0.4 is 4.31 Å². The summed E-state index contributed by atoms with van der Waals surface area (Å²) < 4.78 is 30.2. The molecule has 0 radical (unpaired) electrons. The lowest BCUT2D eigenvalue weighted by Gasteiger charge is -2.24. The first-order valence-electron chi connectivity index (χ1n) is 10.2. The molecule has 156 valence electrons. The van der Waals surface area contributed by atoms with E-state index in [1.54, 1.807) is 30.6 Å². The fraction of sp³-hybridized carbons (Fsp3) is 0.304. The molecule has 4 rings (SSSR count). The smallest absolute Gasteiger partial charge is 0.264 e. The molecular weight excluding hydrogens is 398 g/mol. The highest BCUT2D eigenvalue weighted by Gasteiger charge is 2.36. The highest BCUT2D eigenvalue weighted by atomic mass is 32.2. The number of imidazole rings is 1. The quantitative estimate of drug-likeness (QED) is 0.538. The molecule has 1 aliphatic rings. The molecule has 7 heteroatoms. The summed E-state index contributed by atoms with van der Waals surface area (Å²) >= 11 is 0. The minimum atomic E-state index is -3.80. The molecule has 0 spiro atoms. The van der Waals surface area contributed by atoms with Crippen molar-refractivity contribution >= 4 is 21.5 Å². The molecule has 1 aliphatic heterocycles. The number of carbonyl (C=O) groups is 1. The number of anilines is 1. The average Bonchev–Trinajstić information content (AvgIpc) is 3.35. The van der Waals surface area contributed by atoms with Gasteiger partial charge in [0.15, 0.2) is 5.82 Å². The number of aryl methyl sites for hydroxylation is 1. The first kappa shape index (κ1) is 20.3. The van der Waals surface area contributed by atoms with E-state index in [4.69, 9.17) is 0 Å². The van der Waals surface area contributed by atoms with E-state index < -0.39 is 10.0 Å². The van der Waals surface area contributed by atoms with Crippen molar-refractivity contribution in [2.45, 2.75) is 50.6 Å².